The van der Waals surface area contributed by atoms with Crippen molar-refractivity contribution in [2.45, 2.75) is 20.1 Å². The molecule has 2 amide bonds. The molecule has 1 unspecified atom stereocenters. The Balaban J connectivity index is 1.41. The van der Waals surface area contributed by atoms with Gasteiger partial charge >= 0.3 is 6.03 Å². The molecule has 8 heteroatoms. The minimum atomic E-state index is -1.10. The molecule has 0 bridgehead atoms. The van der Waals surface area contributed by atoms with Gasteiger partial charge in [0, 0.05) is 33.8 Å². The zero-order valence-corrected chi connectivity index (χ0v) is 20.1. The van der Waals surface area contributed by atoms with E-state index in [2.05, 4.69) is 16.0 Å². The van der Waals surface area contributed by atoms with Gasteiger partial charge < -0.3 is 21.1 Å². The van der Waals surface area contributed by atoms with Gasteiger partial charge in [-0.1, -0.05) is 42.5 Å². The van der Waals surface area contributed by atoms with Crippen molar-refractivity contribution in [1.82, 2.24) is 4.98 Å². The maximum atomic E-state index is 13.4. The van der Waals surface area contributed by atoms with E-state index in [1.54, 1.807) is 24.3 Å². The summed E-state index contributed by atoms with van der Waals surface area (Å²) in [5.41, 5.74) is 5.48. The van der Waals surface area contributed by atoms with E-state index in [-0.39, 0.29) is 5.69 Å². The lowest BCUT2D eigenvalue weighted by Gasteiger charge is -2.20. The molecule has 0 radical (unpaired) electrons. The summed E-state index contributed by atoms with van der Waals surface area (Å²) in [4.78, 5) is 17.2. The van der Waals surface area contributed by atoms with Crippen molar-refractivity contribution < 1.29 is 18.7 Å². The Labute approximate surface area is 212 Å². The molecule has 0 aliphatic rings. The van der Waals surface area contributed by atoms with Crippen LogP contribution in [-0.2, 0) is 0 Å². The molecule has 0 aliphatic carbocycles. The topological polar surface area (TPSA) is 86.3 Å². The highest BCUT2D eigenvalue weighted by atomic mass is 19.1. The van der Waals surface area contributed by atoms with Crippen LogP contribution < -0.4 is 16.0 Å². The van der Waals surface area contributed by atoms with E-state index in [1.165, 1.54) is 0 Å². The summed E-state index contributed by atoms with van der Waals surface area (Å²) in [5.74, 6) is -1.60. The number of halogens is 2. The number of benzene rings is 4. The van der Waals surface area contributed by atoms with Crippen LogP contribution in [0, 0.1) is 25.5 Å². The largest absolute Gasteiger partial charge is 0.369 e. The number of fused-ring (bicyclic) bond motifs is 2. The molecule has 6 nitrogen and oxygen atoms in total. The Morgan fingerprint density at radius 3 is 2.35 bits per heavy atom. The second-order valence-corrected chi connectivity index (χ2v) is 8.82. The number of aromatic nitrogens is 1. The minimum absolute atomic E-state index is 0.0187. The number of aryl methyl sites for hydroxylation is 2. The number of aliphatic hydroxyl groups excluding tert-OH is 1. The smallest absolute Gasteiger partial charge is 0.323 e. The first kappa shape index (κ1) is 24.1. The third-order valence-corrected chi connectivity index (χ3v) is 6.24. The highest BCUT2D eigenvalue weighted by Gasteiger charge is 2.16. The van der Waals surface area contributed by atoms with Crippen LogP contribution in [0.5, 0.6) is 0 Å². The van der Waals surface area contributed by atoms with Gasteiger partial charge in [0.05, 0.1) is 16.7 Å². The number of hydrogen-bond acceptors (Lipinski definition) is 4. The molecule has 0 saturated carbocycles. The molecular weight excluding hydrogens is 474 g/mol. The number of urea groups is 1. The number of pyridine rings is 1. The maximum Gasteiger partial charge on any atom is 0.323 e. The van der Waals surface area contributed by atoms with Crippen LogP contribution in [0.4, 0.5) is 30.6 Å². The monoisotopic (exact) mass is 498 g/mol. The fourth-order valence-electron chi connectivity index (χ4n) is 4.28. The van der Waals surface area contributed by atoms with E-state index in [1.807, 2.05) is 50.2 Å². The number of amides is 2. The van der Waals surface area contributed by atoms with Crippen LogP contribution in [0.15, 0.2) is 78.9 Å². The van der Waals surface area contributed by atoms with Crippen LogP contribution in [0.2, 0.25) is 0 Å². The van der Waals surface area contributed by atoms with Crippen LogP contribution in [0.3, 0.4) is 0 Å². The summed E-state index contributed by atoms with van der Waals surface area (Å²) in [5, 5.41) is 21.1. The number of hydrogen-bond donors (Lipinski definition) is 4. The van der Waals surface area contributed by atoms with E-state index < -0.39 is 23.9 Å². The van der Waals surface area contributed by atoms with Gasteiger partial charge in [-0.3, -0.25) is 0 Å². The van der Waals surface area contributed by atoms with Gasteiger partial charge in [-0.25, -0.2) is 18.6 Å². The summed E-state index contributed by atoms with van der Waals surface area (Å²) in [6.07, 6.45) is -1.10. The predicted octanol–water partition coefficient (Wildman–Crippen LogP) is 7.03. The minimum Gasteiger partial charge on any atom is -0.369 e. The summed E-state index contributed by atoms with van der Waals surface area (Å²) < 4.78 is 26.8. The quantitative estimate of drug-likeness (QED) is 0.155. The number of carbonyl (C=O) groups is 1. The molecule has 1 atom stereocenters. The lowest BCUT2D eigenvalue weighted by molar-refractivity contribution is 0.208. The van der Waals surface area contributed by atoms with Crippen LogP contribution in [-0.4, -0.2) is 16.1 Å². The number of nitrogens with one attached hydrogen (secondary N) is 3. The first-order valence-electron chi connectivity index (χ1n) is 11.7. The van der Waals surface area contributed by atoms with Crippen LogP contribution in [0.25, 0.3) is 21.8 Å². The van der Waals surface area contributed by atoms with Gasteiger partial charge in [0.2, 0.25) is 0 Å². The summed E-state index contributed by atoms with van der Waals surface area (Å²) >= 11 is 0. The van der Waals surface area contributed by atoms with Gasteiger partial charge in [-0.15, -0.1) is 0 Å². The molecule has 0 fully saturated rings. The van der Waals surface area contributed by atoms with Gasteiger partial charge in [-0.05, 0) is 55.3 Å². The van der Waals surface area contributed by atoms with Crippen molar-refractivity contribution in [3.05, 3.63) is 107 Å². The molecule has 5 rings (SSSR count). The van der Waals surface area contributed by atoms with Crippen LogP contribution in [0.1, 0.15) is 22.9 Å². The molecule has 0 aliphatic heterocycles. The summed E-state index contributed by atoms with van der Waals surface area (Å²) in [7, 11) is 0. The fourth-order valence-corrected chi connectivity index (χ4v) is 4.28. The molecule has 1 aromatic heterocycles. The third-order valence-electron chi connectivity index (χ3n) is 6.24. The lowest BCUT2D eigenvalue weighted by atomic mass is 10.0. The molecule has 1 heterocycles. The van der Waals surface area contributed by atoms with E-state index in [4.69, 9.17) is 4.98 Å². The van der Waals surface area contributed by atoms with E-state index in [9.17, 15) is 18.7 Å². The first-order valence-corrected chi connectivity index (χ1v) is 11.7. The number of nitrogens with zero attached hydrogens (tertiary/aromatic N) is 1. The molecule has 186 valence electrons. The lowest BCUT2D eigenvalue weighted by Crippen LogP contribution is -2.20. The molecule has 4 N–H and O–H groups in total. The Kier molecular flexibility index (Phi) is 6.42. The number of rotatable bonds is 5. The van der Waals surface area contributed by atoms with Crippen molar-refractivity contribution in [3.63, 3.8) is 0 Å². The third kappa shape index (κ3) is 5.05. The number of aliphatic hydroxyl groups is 1. The molecule has 0 saturated heterocycles. The first-order chi connectivity index (χ1) is 17.8. The number of para-hydroxylation sites is 1. The molecule has 5 aromatic rings. The Morgan fingerprint density at radius 1 is 0.838 bits per heavy atom. The van der Waals surface area contributed by atoms with Gasteiger partial charge in [-0.2, -0.15) is 0 Å². The van der Waals surface area contributed by atoms with Crippen molar-refractivity contribution in [1.29, 1.82) is 0 Å². The van der Waals surface area contributed by atoms with Crippen molar-refractivity contribution in [3.8, 4) is 0 Å². The van der Waals surface area contributed by atoms with E-state index in [0.717, 1.165) is 56.8 Å². The van der Waals surface area contributed by atoms with E-state index >= 15 is 0 Å². The SMILES string of the molecule is Cc1ccc2c(NC(O)c3cccc(NC(=O)Nc4cc(F)cc(F)c4)c3)c3ccccc3nc2c1C. The zero-order chi connectivity index (χ0) is 26.1. The van der Waals surface area contributed by atoms with Gasteiger partial charge in [0.25, 0.3) is 0 Å². The average molecular weight is 499 g/mol. The maximum absolute atomic E-state index is 13.4. The summed E-state index contributed by atoms with van der Waals surface area (Å²) in [6, 6.07) is 20.5. The Bertz CT molecular complexity index is 1630. The molecule has 37 heavy (non-hydrogen) atoms. The number of anilines is 3. The van der Waals surface area contributed by atoms with Crippen molar-refractivity contribution in [2.24, 2.45) is 0 Å². The van der Waals surface area contributed by atoms with Crippen LogP contribution >= 0.6 is 0 Å². The fraction of sp³-hybridized carbons (Fsp3) is 0.103. The van der Waals surface area contributed by atoms with Gasteiger partial charge in [0.1, 0.15) is 11.6 Å². The van der Waals surface area contributed by atoms with Crippen molar-refractivity contribution >= 4 is 44.9 Å². The molecular formula is C29H24F2N4O2. The van der Waals surface area contributed by atoms with E-state index in [0.29, 0.717) is 11.3 Å². The highest BCUT2D eigenvalue weighted by molar-refractivity contribution is 6.08. The number of carbonyl (C=O) groups excluding carboxylic acids is 1. The highest BCUT2D eigenvalue weighted by Crippen LogP contribution is 2.35. The predicted molar refractivity (Wildman–Crippen MR) is 143 cm³/mol. The second kappa shape index (κ2) is 9.83. The standard InChI is InChI=1S/C29H24F2N4O2/c1-16-10-11-24-26(17(16)2)34-25-9-4-3-8-23(25)27(24)35-28(36)18-6-5-7-21(12-18)32-29(37)33-22-14-19(30)13-20(31)15-22/h3-15,28,36H,1-2H3,(H,34,35)(H2,32,33,37). The Morgan fingerprint density at radius 2 is 1.57 bits per heavy atom. The van der Waals surface area contributed by atoms with Gasteiger partial charge in [0.15, 0.2) is 6.23 Å². The second-order valence-electron chi connectivity index (χ2n) is 8.82. The normalized spacial score (nSPS) is 11.9. The van der Waals surface area contributed by atoms with Crippen molar-refractivity contribution in [2.75, 3.05) is 16.0 Å². The Hall–Kier alpha value is -4.56. The molecule has 0 spiro atoms. The zero-order valence-electron chi connectivity index (χ0n) is 20.1. The average Bonchev–Trinajstić information content (AvgIpc) is 2.86. The summed E-state index contributed by atoms with van der Waals surface area (Å²) in [6.45, 7) is 4.06. The molecule has 4 aromatic carbocycles.